The molecule has 0 spiro atoms. The van der Waals surface area contributed by atoms with Crippen LogP contribution in [0.3, 0.4) is 0 Å². The summed E-state index contributed by atoms with van der Waals surface area (Å²) in [6.45, 7) is 1.57. The Hall–Kier alpha value is -1.46. The van der Waals surface area contributed by atoms with Crippen molar-refractivity contribution in [2.75, 3.05) is 19.8 Å². The lowest BCUT2D eigenvalue weighted by molar-refractivity contribution is -0.148. The van der Waals surface area contributed by atoms with E-state index in [0.29, 0.717) is 19.7 Å². The number of pyridine rings is 1. The normalized spacial score (nSPS) is 21.2. The van der Waals surface area contributed by atoms with E-state index < -0.39 is 0 Å². The Labute approximate surface area is 94.2 Å². The lowest BCUT2D eigenvalue weighted by Crippen LogP contribution is -2.52. The molecule has 2 rings (SSSR count). The first-order valence-corrected chi connectivity index (χ1v) is 5.28. The molecule has 1 atom stereocenters. The summed E-state index contributed by atoms with van der Waals surface area (Å²) < 4.78 is 5.16. The second-order valence-corrected chi connectivity index (χ2v) is 3.75. The van der Waals surface area contributed by atoms with Gasteiger partial charge in [0.15, 0.2) is 0 Å². The van der Waals surface area contributed by atoms with Gasteiger partial charge in [0, 0.05) is 12.7 Å². The molecule has 0 radical (unpaired) electrons. The number of ether oxygens (including phenoxy) is 1. The topological polar surface area (TPSA) is 68.5 Å². The van der Waals surface area contributed by atoms with E-state index in [9.17, 15) is 4.79 Å². The molecule has 16 heavy (non-hydrogen) atoms. The summed E-state index contributed by atoms with van der Waals surface area (Å²) in [5.74, 6) is -0.0210. The van der Waals surface area contributed by atoms with Gasteiger partial charge < -0.3 is 15.4 Å². The van der Waals surface area contributed by atoms with Crippen molar-refractivity contribution in [3.05, 3.63) is 30.1 Å². The zero-order valence-electron chi connectivity index (χ0n) is 9.00. The van der Waals surface area contributed by atoms with Crippen molar-refractivity contribution >= 4 is 5.91 Å². The van der Waals surface area contributed by atoms with Gasteiger partial charge in [0.25, 0.3) is 0 Å². The molecule has 86 valence electrons. The lowest BCUT2D eigenvalue weighted by Gasteiger charge is -2.34. The van der Waals surface area contributed by atoms with E-state index in [-0.39, 0.29) is 18.6 Å². The van der Waals surface area contributed by atoms with Gasteiger partial charge in [0.05, 0.1) is 24.9 Å². The number of hydrogen-bond acceptors (Lipinski definition) is 4. The standard InChI is InChI=1S/C11H15N3O2/c12-5-10-7-16-8-11(15)14(10)6-9-3-1-2-4-13-9/h1-4,10H,5-8,12H2. The first-order valence-electron chi connectivity index (χ1n) is 5.28. The van der Waals surface area contributed by atoms with E-state index in [1.54, 1.807) is 11.1 Å². The van der Waals surface area contributed by atoms with Gasteiger partial charge in [0.1, 0.15) is 6.61 Å². The molecule has 1 saturated heterocycles. The van der Waals surface area contributed by atoms with Crippen molar-refractivity contribution in [2.24, 2.45) is 5.73 Å². The van der Waals surface area contributed by atoms with Crippen molar-refractivity contribution in [3.63, 3.8) is 0 Å². The third-order valence-electron chi connectivity index (χ3n) is 2.63. The first kappa shape index (κ1) is 11.0. The minimum absolute atomic E-state index is 0.0210. The van der Waals surface area contributed by atoms with Crippen LogP contribution in [0.4, 0.5) is 0 Å². The van der Waals surface area contributed by atoms with E-state index in [0.717, 1.165) is 5.69 Å². The summed E-state index contributed by atoms with van der Waals surface area (Å²) >= 11 is 0. The van der Waals surface area contributed by atoms with Crippen LogP contribution < -0.4 is 5.73 Å². The largest absolute Gasteiger partial charge is 0.369 e. The fourth-order valence-corrected chi connectivity index (χ4v) is 1.74. The van der Waals surface area contributed by atoms with Gasteiger partial charge in [-0.2, -0.15) is 0 Å². The SMILES string of the molecule is NCC1COCC(=O)N1Cc1ccccn1. The number of rotatable bonds is 3. The van der Waals surface area contributed by atoms with E-state index >= 15 is 0 Å². The second-order valence-electron chi connectivity index (χ2n) is 3.75. The smallest absolute Gasteiger partial charge is 0.249 e. The fraction of sp³-hybridized carbons (Fsp3) is 0.455. The Bertz CT molecular complexity index is 356. The molecule has 1 unspecified atom stereocenters. The van der Waals surface area contributed by atoms with Crippen molar-refractivity contribution in [3.8, 4) is 0 Å². The van der Waals surface area contributed by atoms with Crippen LogP contribution in [0.5, 0.6) is 0 Å². The van der Waals surface area contributed by atoms with Crippen LogP contribution in [-0.2, 0) is 16.1 Å². The third kappa shape index (κ3) is 2.37. The van der Waals surface area contributed by atoms with Crippen molar-refractivity contribution < 1.29 is 9.53 Å². The molecule has 1 aromatic rings. The highest BCUT2D eigenvalue weighted by Crippen LogP contribution is 2.11. The second kappa shape index (κ2) is 5.05. The molecule has 1 aliphatic heterocycles. The van der Waals surface area contributed by atoms with E-state index in [2.05, 4.69) is 4.98 Å². The van der Waals surface area contributed by atoms with Gasteiger partial charge in [-0.25, -0.2) is 0 Å². The average molecular weight is 221 g/mol. The molecule has 1 fully saturated rings. The molecule has 2 heterocycles. The predicted octanol–water partition coefficient (Wildman–Crippen LogP) is -0.232. The molecule has 1 aliphatic rings. The first-order chi connectivity index (χ1) is 7.81. The minimum Gasteiger partial charge on any atom is -0.369 e. The molecule has 1 amide bonds. The summed E-state index contributed by atoms with van der Waals surface area (Å²) in [5.41, 5.74) is 6.49. The van der Waals surface area contributed by atoms with Gasteiger partial charge in [-0.05, 0) is 12.1 Å². The van der Waals surface area contributed by atoms with Gasteiger partial charge >= 0.3 is 0 Å². The Morgan fingerprint density at radius 3 is 3.12 bits per heavy atom. The minimum atomic E-state index is -0.0387. The molecule has 1 aromatic heterocycles. The van der Waals surface area contributed by atoms with Crippen LogP contribution in [0.15, 0.2) is 24.4 Å². The Kier molecular flexibility index (Phi) is 3.48. The fourth-order valence-electron chi connectivity index (χ4n) is 1.74. The number of morpholine rings is 1. The summed E-state index contributed by atoms with van der Waals surface area (Å²) in [6, 6.07) is 5.62. The third-order valence-corrected chi connectivity index (χ3v) is 2.63. The quantitative estimate of drug-likeness (QED) is 0.765. The van der Waals surface area contributed by atoms with Crippen molar-refractivity contribution in [1.29, 1.82) is 0 Å². The van der Waals surface area contributed by atoms with Crippen LogP contribution in [-0.4, -0.2) is 41.6 Å². The summed E-state index contributed by atoms with van der Waals surface area (Å²) in [5, 5.41) is 0. The summed E-state index contributed by atoms with van der Waals surface area (Å²) in [7, 11) is 0. The number of aromatic nitrogens is 1. The van der Waals surface area contributed by atoms with Crippen LogP contribution in [0.2, 0.25) is 0 Å². The molecule has 0 bridgehead atoms. The summed E-state index contributed by atoms with van der Waals surface area (Å²) in [4.78, 5) is 17.6. The highest BCUT2D eigenvalue weighted by atomic mass is 16.5. The van der Waals surface area contributed by atoms with Gasteiger partial charge in [0.2, 0.25) is 5.91 Å². The number of carbonyl (C=O) groups is 1. The van der Waals surface area contributed by atoms with Gasteiger partial charge in [-0.15, -0.1) is 0 Å². The molecular formula is C11H15N3O2. The van der Waals surface area contributed by atoms with E-state index in [4.69, 9.17) is 10.5 Å². The average Bonchev–Trinajstić information content (AvgIpc) is 2.33. The van der Waals surface area contributed by atoms with Crippen molar-refractivity contribution in [2.45, 2.75) is 12.6 Å². The zero-order chi connectivity index (χ0) is 11.4. The molecular weight excluding hydrogens is 206 g/mol. The summed E-state index contributed by atoms with van der Waals surface area (Å²) in [6.07, 6.45) is 1.72. The zero-order valence-corrected chi connectivity index (χ0v) is 9.00. The van der Waals surface area contributed by atoms with E-state index in [1.807, 2.05) is 18.2 Å². The molecule has 0 saturated carbocycles. The van der Waals surface area contributed by atoms with Crippen LogP contribution >= 0.6 is 0 Å². The maximum atomic E-state index is 11.7. The number of amides is 1. The van der Waals surface area contributed by atoms with Crippen LogP contribution in [0, 0.1) is 0 Å². The monoisotopic (exact) mass is 221 g/mol. The number of nitrogens with zero attached hydrogens (tertiary/aromatic N) is 2. The van der Waals surface area contributed by atoms with Crippen LogP contribution in [0.1, 0.15) is 5.69 Å². The Balaban J connectivity index is 2.08. The predicted molar refractivity (Wildman–Crippen MR) is 58.4 cm³/mol. The van der Waals surface area contributed by atoms with Crippen LogP contribution in [0.25, 0.3) is 0 Å². The highest BCUT2D eigenvalue weighted by molar-refractivity contribution is 5.78. The molecule has 2 N–H and O–H groups in total. The maximum absolute atomic E-state index is 11.7. The molecule has 0 aliphatic carbocycles. The number of hydrogen-bond donors (Lipinski definition) is 1. The molecule has 0 aromatic carbocycles. The van der Waals surface area contributed by atoms with Crippen molar-refractivity contribution in [1.82, 2.24) is 9.88 Å². The highest BCUT2D eigenvalue weighted by Gasteiger charge is 2.27. The Morgan fingerprint density at radius 1 is 1.56 bits per heavy atom. The van der Waals surface area contributed by atoms with Gasteiger partial charge in [-0.1, -0.05) is 6.07 Å². The number of carbonyl (C=O) groups excluding carboxylic acids is 1. The van der Waals surface area contributed by atoms with E-state index in [1.165, 1.54) is 0 Å². The van der Waals surface area contributed by atoms with Gasteiger partial charge in [-0.3, -0.25) is 9.78 Å². The Morgan fingerprint density at radius 2 is 2.44 bits per heavy atom. The maximum Gasteiger partial charge on any atom is 0.249 e. The molecule has 5 heteroatoms. The number of nitrogens with two attached hydrogens (primary N) is 1. The molecule has 5 nitrogen and oxygen atoms in total. The lowest BCUT2D eigenvalue weighted by atomic mass is 10.2.